The third-order valence-electron chi connectivity index (χ3n) is 4.93. The number of rotatable bonds is 3. The smallest absolute Gasteiger partial charge is 0.166 e. The van der Waals surface area contributed by atoms with Crippen LogP contribution in [0.5, 0.6) is 11.5 Å². The quantitative estimate of drug-likeness (QED) is 0.822. The van der Waals surface area contributed by atoms with Crippen molar-refractivity contribution >= 4 is 5.69 Å². The van der Waals surface area contributed by atoms with Crippen LogP contribution >= 0.6 is 0 Å². The third kappa shape index (κ3) is 2.76. The zero-order valence-corrected chi connectivity index (χ0v) is 15.4. The van der Waals surface area contributed by atoms with E-state index in [9.17, 15) is 0 Å². The fraction of sp³-hybridized carbons (Fsp3) is 0.273. The molecule has 2 aromatic carbocycles. The number of allylic oxidation sites excluding steroid dienone is 2. The lowest BCUT2D eigenvalue weighted by Crippen LogP contribution is -2.25. The monoisotopic (exact) mass is 349 g/mol. The molecule has 2 aromatic rings. The lowest BCUT2D eigenvalue weighted by atomic mass is 9.96. The number of nitrogens with zero attached hydrogens (tertiary/aromatic N) is 1. The van der Waals surface area contributed by atoms with E-state index in [4.69, 9.17) is 14.2 Å². The average molecular weight is 349 g/mol. The molecule has 0 saturated carbocycles. The van der Waals surface area contributed by atoms with Gasteiger partial charge in [0.1, 0.15) is 6.10 Å². The van der Waals surface area contributed by atoms with Crippen molar-refractivity contribution in [2.24, 2.45) is 0 Å². The molecule has 26 heavy (non-hydrogen) atoms. The lowest BCUT2D eigenvalue weighted by molar-refractivity contribution is 0.0994. The minimum Gasteiger partial charge on any atom is -0.493 e. The Morgan fingerprint density at radius 2 is 1.96 bits per heavy atom. The van der Waals surface area contributed by atoms with Gasteiger partial charge in [0.15, 0.2) is 11.5 Å². The predicted molar refractivity (Wildman–Crippen MR) is 103 cm³/mol. The Morgan fingerprint density at radius 1 is 1.08 bits per heavy atom. The molecule has 0 N–H and O–H groups in total. The first-order chi connectivity index (χ1) is 12.7. The van der Waals surface area contributed by atoms with Gasteiger partial charge in [0.25, 0.3) is 0 Å². The molecule has 0 aliphatic carbocycles. The van der Waals surface area contributed by atoms with Crippen LogP contribution in [-0.2, 0) is 4.74 Å². The summed E-state index contributed by atoms with van der Waals surface area (Å²) < 4.78 is 17.6. The van der Waals surface area contributed by atoms with Crippen LogP contribution in [-0.4, -0.2) is 27.4 Å². The fourth-order valence-corrected chi connectivity index (χ4v) is 3.70. The molecular weight excluding hydrogens is 326 g/mol. The molecule has 0 aromatic heterocycles. The van der Waals surface area contributed by atoms with Gasteiger partial charge in [-0.25, -0.2) is 0 Å². The van der Waals surface area contributed by atoms with Gasteiger partial charge in [-0.2, -0.15) is 0 Å². The first kappa shape index (κ1) is 16.7. The summed E-state index contributed by atoms with van der Waals surface area (Å²) in [7, 11) is 3.33. The first-order valence-electron chi connectivity index (χ1n) is 8.79. The average Bonchev–Trinajstić information content (AvgIpc) is 2.83. The summed E-state index contributed by atoms with van der Waals surface area (Å²) in [5.41, 5.74) is 5.68. The number of ether oxygens (including phenoxy) is 3. The molecule has 134 valence electrons. The van der Waals surface area contributed by atoms with E-state index in [2.05, 4.69) is 54.3 Å². The van der Waals surface area contributed by atoms with E-state index in [1.807, 2.05) is 12.1 Å². The van der Waals surface area contributed by atoms with Crippen molar-refractivity contribution in [1.29, 1.82) is 0 Å². The van der Waals surface area contributed by atoms with Gasteiger partial charge in [-0.1, -0.05) is 42.0 Å². The second-order valence-electron chi connectivity index (χ2n) is 6.53. The summed E-state index contributed by atoms with van der Waals surface area (Å²) in [5, 5.41) is 0. The molecule has 0 amide bonds. The third-order valence-corrected chi connectivity index (χ3v) is 4.93. The zero-order valence-electron chi connectivity index (χ0n) is 15.4. The molecule has 2 heterocycles. The second-order valence-corrected chi connectivity index (χ2v) is 6.53. The Morgan fingerprint density at radius 3 is 2.77 bits per heavy atom. The summed E-state index contributed by atoms with van der Waals surface area (Å²) in [6.45, 7) is 3.51. The molecule has 1 unspecified atom stereocenters. The summed E-state index contributed by atoms with van der Waals surface area (Å²) >= 11 is 0. The number of para-hydroxylation sites is 1. The van der Waals surface area contributed by atoms with Crippen molar-refractivity contribution < 1.29 is 14.2 Å². The highest BCUT2D eigenvalue weighted by Gasteiger charge is 2.30. The van der Waals surface area contributed by atoms with Crippen molar-refractivity contribution in [2.45, 2.75) is 13.0 Å². The largest absolute Gasteiger partial charge is 0.493 e. The highest BCUT2D eigenvalue weighted by molar-refractivity contribution is 5.65. The zero-order chi connectivity index (χ0) is 18.1. The van der Waals surface area contributed by atoms with Crippen LogP contribution in [0.25, 0.3) is 0 Å². The van der Waals surface area contributed by atoms with E-state index >= 15 is 0 Å². The van der Waals surface area contributed by atoms with Gasteiger partial charge in [0, 0.05) is 29.1 Å². The van der Waals surface area contributed by atoms with E-state index in [-0.39, 0.29) is 6.10 Å². The standard InChI is InChI=1S/C22H23NO3/c1-15-10-11-19-18(13-15)21(26-14-16-7-4-5-12-23(16)19)17-8-6-9-20(24-2)22(17)25-3/h4-11,13,21H,12,14H2,1-3H3. The van der Waals surface area contributed by atoms with Gasteiger partial charge in [0.2, 0.25) is 0 Å². The van der Waals surface area contributed by atoms with Gasteiger partial charge in [-0.3, -0.25) is 0 Å². The molecule has 1 atom stereocenters. The number of aryl methyl sites for hydroxylation is 1. The molecule has 2 aliphatic rings. The number of anilines is 1. The van der Waals surface area contributed by atoms with Crippen molar-refractivity contribution in [1.82, 2.24) is 0 Å². The maximum atomic E-state index is 6.40. The van der Waals surface area contributed by atoms with E-state index in [1.54, 1.807) is 14.2 Å². The van der Waals surface area contributed by atoms with Gasteiger partial charge in [0.05, 0.1) is 20.8 Å². The maximum absolute atomic E-state index is 6.40. The van der Waals surface area contributed by atoms with Crippen molar-refractivity contribution in [3.05, 3.63) is 77.0 Å². The molecule has 0 radical (unpaired) electrons. The van der Waals surface area contributed by atoms with Gasteiger partial charge < -0.3 is 19.1 Å². The highest BCUT2D eigenvalue weighted by atomic mass is 16.5. The van der Waals surface area contributed by atoms with Crippen LogP contribution in [0, 0.1) is 6.92 Å². The van der Waals surface area contributed by atoms with Crippen LogP contribution < -0.4 is 14.4 Å². The van der Waals surface area contributed by atoms with Crippen LogP contribution in [0.4, 0.5) is 5.69 Å². The van der Waals surface area contributed by atoms with Crippen molar-refractivity contribution in [3.63, 3.8) is 0 Å². The number of hydrogen-bond donors (Lipinski definition) is 0. The Bertz CT molecular complexity index is 885. The fourth-order valence-electron chi connectivity index (χ4n) is 3.70. The van der Waals surface area contributed by atoms with Crippen molar-refractivity contribution in [2.75, 3.05) is 32.3 Å². The SMILES string of the molecule is COc1cccc(C2OCC3=CC=CCN3c3ccc(C)cc32)c1OC. The van der Waals surface area contributed by atoms with Crippen LogP contribution in [0.3, 0.4) is 0 Å². The molecule has 0 spiro atoms. The Kier molecular flexibility index (Phi) is 4.43. The second kappa shape index (κ2) is 6.89. The van der Waals surface area contributed by atoms with Gasteiger partial charge in [-0.15, -0.1) is 0 Å². The van der Waals surface area contributed by atoms with Gasteiger partial charge in [-0.05, 0) is 25.1 Å². The van der Waals surface area contributed by atoms with Gasteiger partial charge >= 0.3 is 0 Å². The van der Waals surface area contributed by atoms with Crippen LogP contribution in [0.2, 0.25) is 0 Å². The maximum Gasteiger partial charge on any atom is 0.166 e. The minimum atomic E-state index is -0.221. The summed E-state index contributed by atoms with van der Waals surface area (Å²) in [6.07, 6.45) is 6.16. The Balaban J connectivity index is 1.90. The molecule has 0 fully saturated rings. The number of methoxy groups -OCH3 is 2. The van der Waals surface area contributed by atoms with Crippen molar-refractivity contribution in [3.8, 4) is 11.5 Å². The first-order valence-corrected chi connectivity index (χ1v) is 8.79. The number of hydrogen-bond acceptors (Lipinski definition) is 4. The molecule has 0 saturated heterocycles. The molecule has 4 heteroatoms. The molecule has 4 nitrogen and oxygen atoms in total. The van der Waals surface area contributed by atoms with E-state index in [0.29, 0.717) is 12.4 Å². The normalized spacial score (nSPS) is 18.5. The molecule has 0 bridgehead atoms. The lowest BCUT2D eigenvalue weighted by Gasteiger charge is -2.27. The summed E-state index contributed by atoms with van der Waals surface area (Å²) in [4.78, 5) is 2.32. The molecule has 4 rings (SSSR count). The summed E-state index contributed by atoms with van der Waals surface area (Å²) in [5.74, 6) is 1.44. The number of fused-ring (bicyclic) bond motifs is 3. The minimum absolute atomic E-state index is 0.221. The number of benzene rings is 2. The summed E-state index contributed by atoms with van der Waals surface area (Å²) in [6, 6.07) is 12.5. The van der Waals surface area contributed by atoms with E-state index < -0.39 is 0 Å². The topological polar surface area (TPSA) is 30.9 Å². The highest BCUT2D eigenvalue weighted by Crippen LogP contribution is 2.44. The van der Waals surface area contributed by atoms with E-state index in [1.165, 1.54) is 16.9 Å². The molecular formula is C22H23NO3. The van der Waals surface area contributed by atoms with E-state index in [0.717, 1.165) is 23.4 Å². The Hall–Kier alpha value is -2.72. The van der Waals surface area contributed by atoms with Crippen LogP contribution in [0.15, 0.2) is 60.3 Å². The molecule has 2 aliphatic heterocycles. The predicted octanol–water partition coefficient (Wildman–Crippen LogP) is 4.39. The Labute approximate surface area is 154 Å². The van der Waals surface area contributed by atoms with Crippen LogP contribution in [0.1, 0.15) is 22.8 Å².